The van der Waals surface area contributed by atoms with Crippen molar-refractivity contribution in [2.75, 3.05) is 11.1 Å². The highest BCUT2D eigenvalue weighted by Gasteiger charge is 2.59. The zero-order valence-corrected chi connectivity index (χ0v) is 15.1. The number of carbonyl (C=O) groups is 1. The molecule has 1 aromatic carbocycles. The third-order valence-electron chi connectivity index (χ3n) is 4.89. The number of nitrogens with two attached hydrogens (primary N) is 1. The summed E-state index contributed by atoms with van der Waals surface area (Å²) in [5.74, 6) is 4.17. The molecular weight excluding hydrogens is 388 g/mol. The highest BCUT2D eigenvalue weighted by atomic mass is 19.4. The monoisotopic (exact) mass is 405 g/mol. The molecule has 9 heteroatoms. The zero-order chi connectivity index (χ0) is 20.8. The number of aromatic amines is 1. The largest absolute Gasteiger partial charge is 0.427 e. The van der Waals surface area contributed by atoms with E-state index in [9.17, 15) is 22.4 Å². The number of fused-ring (bicyclic) bond motifs is 1. The second-order valence-corrected chi connectivity index (χ2v) is 7.19. The van der Waals surface area contributed by atoms with E-state index < -0.39 is 29.1 Å². The number of halogens is 4. The van der Waals surface area contributed by atoms with Crippen LogP contribution in [0.3, 0.4) is 0 Å². The number of urea groups is 1. The molecular formula is C20H17F4N4O+. The third-order valence-corrected chi connectivity index (χ3v) is 4.89. The molecule has 0 saturated heterocycles. The van der Waals surface area contributed by atoms with Gasteiger partial charge in [0.25, 0.3) is 5.82 Å². The molecule has 0 radical (unpaired) electrons. The van der Waals surface area contributed by atoms with E-state index in [1.54, 1.807) is 18.3 Å². The van der Waals surface area contributed by atoms with E-state index in [1.165, 1.54) is 6.07 Å². The van der Waals surface area contributed by atoms with E-state index in [2.05, 4.69) is 22.1 Å². The number of H-pyrrole nitrogens is 1. The topological polar surface area (TPSA) is 81.3 Å². The Morgan fingerprint density at radius 2 is 2.03 bits per heavy atom. The van der Waals surface area contributed by atoms with E-state index in [4.69, 9.17) is 5.73 Å². The molecule has 0 spiro atoms. The molecule has 2 aliphatic rings. The maximum Gasteiger partial charge on any atom is 0.427 e. The summed E-state index contributed by atoms with van der Waals surface area (Å²) in [6.45, 7) is 0. The third kappa shape index (κ3) is 3.58. The lowest BCUT2D eigenvalue weighted by atomic mass is 9.85. The van der Waals surface area contributed by atoms with Crippen molar-refractivity contribution >= 4 is 17.5 Å². The number of benzene rings is 1. The van der Waals surface area contributed by atoms with Gasteiger partial charge in [-0.3, -0.25) is 5.73 Å². The second-order valence-electron chi connectivity index (χ2n) is 7.19. The standard InChI is InChI=1S/C20H16F4N4O/c21-15-10-14-16(9-13(15)7-12-4-6-26-17(25)8-12)27-18(29)28-19(14,20(22,23)24)5-3-11-1-2-11/h4,6,8-11H,1-2,7H2,(H2,25,26)(H2,27,28,29)/p+1/t19-/m0/s1. The average molecular weight is 405 g/mol. The number of hydrogen-bond acceptors (Lipinski definition) is 2. The summed E-state index contributed by atoms with van der Waals surface area (Å²) in [6.07, 6.45) is -1.84. The maximum atomic E-state index is 14.8. The summed E-state index contributed by atoms with van der Waals surface area (Å²) in [6, 6.07) is 4.24. The van der Waals surface area contributed by atoms with E-state index >= 15 is 0 Å². The highest BCUT2D eigenvalue weighted by Crippen LogP contribution is 2.45. The Morgan fingerprint density at radius 1 is 1.28 bits per heavy atom. The summed E-state index contributed by atoms with van der Waals surface area (Å²) in [7, 11) is 0. The lowest BCUT2D eigenvalue weighted by Crippen LogP contribution is -2.59. The van der Waals surface area contributed by atoms with Gasteiger partial charge in [-0.25, -0.2) is 14.2 Å². The van der Waals surface area contributed by atoms with Gasteiger partial charge in [0, 0.05) is 29.7 Å². The first-order chi connectivity index (χ1) is 13.7. The number of alkyl halides is 3. The molecule has 1 aliphatic heterocycles. The van der Waals surface area contributed by atoms with Crippen molar-refractivity contribution in [1.82, 2.24) is 5.32 Å². The molecule has 4 rings (SSSR count). The predicted molar refractivity (Wildman–Crippen MR) is 97.0 cm³/mol. The summed E-state index contributed by atoms with van der Waals surface area (Å²) >= 11 is 0. The van der Waals surface area contributed by atoms with Gasteiger partial charge in [0.15, 0.2) is 0 Å². The predicted octanol–water partition coefficient (Wildman–Crippen LogP) is 3.12. The highest BCUT2D eigenvalue weighted by molar-refractivity contribution is 5.95. The van der Waals surface area contributed by atoms with Crippen LogP contribution in [0.2, 0.25) is 0 Å². The number of hydrogen-bond donors (Lipinski definition) is 3. The van der Waals surface area contributed by atoms with E-state index in [-0.39, 0.29) is 23.6 Å². The van der Waals surface area contributed by atoms with Crippen LogP contribution in [0.25, 0.3) is 0 Å². The Hall–Kier alpha value is -3.28. The Labute approximate surface area is 163 Å². The number of aromatic nitrogens is 1. The summed E-state index contributed by atoms with van der Waals surface area (Å²) in [4.78, 5) is 14.8. The Morgan fingerprint density at radius 3 is 2.69 bits per heavy atom. The summed E-state index contributed by atoms with van der Waals surface area (Å²) in [5, 5.41) is 4.22. The number of nitrogen functional groups attached to an aromatic ring is 1. The van der Waals surface area contributed by atoms with Gasteiger partial charge >= 0.3 is 12.2 Å². The Balaban J connectivity index is 1.81. The normalized spacial score (nSPS) is 20.8. The number of carbonyl (C=O) groups excluding carboxylic acids is 1. The molecule has 0 bridgehead atoms. The van der Waals surface area contributed by atoms with Crippen LogP contribution in [0.4, 0.5) is 33.9 Å². The first-order valence-corrected chi connectivity index (χ1v) is 8.95. The van der Waals surface area contributed by atoms with Crippen LogP contribution in [0.1, 0.15) is 29.5 Å². The van der Waals surface area contributed by atoms with Crippen molar-refractivity contribution in [3.05, 3.63) is 53.0 Å². The minimum atomic E-state index is -4.93. The molecule has 1 aliphatic carbocycles. The van der Waals surface area contributed by atoms with Crippen molar-refractivity contribution in [3.8, 4) is 11.8 Å². The lowest BCUT2D eigenvalue weighted by molar-refractivity contribution is -0.360. The summed E-state index contributed by atoms with van der Waals surface area (Å²) in [5.41, 5.74) is 2.92. The van der Waals surface area contributed by atoms with Gasteiger partial charge < -0.3 is 10.6 Å². The first kappa shape index (κ1) is 19.1. The summed E-state index contributed by atoms with van der Waals surface area (Å²) < 4.78 is 57.0. The minimum absolute atomic E-state index is 0.0913. The smallest absolute Gasteiger partial charge is 0.310 e. The van der Waals surface area contributed by atoms with Gasteiger partial charge in [0.1, 0.15) is 5.82 Å². The lowest BCUT2D eigenvalue weighted by Gasteiger charge is -2.37. The zero-order valence-electron chi connectivity index (χ0n) is 15.1. The van der Waals surface area contributed by atoms with E-state index in [0.717, 1.165) is 6.07 Å². The van der Waals surface area contributed by atoms with E-state index in [1.807, 2.05) is 5.32 Å². The van der Waals surface area contributed by atoms with Crippen LogP contribution >= 0.6 is 0 Å². The number of rotatable bonds is 2. The van der Waals surface area contributed by atoms with Crippen molar-refractivity contribution < 1.29 is 27.3 Å². The molecule has 0 unspecified atom stereocenters. The van der Waals surface area contributed by atoms with Gasteiger partial charge in [-0.2, -0.15) is 13.2 Å². The van der Waals surface area contributed by atoms with Crippen LogP contribution < -0.4 is 21.4 Å². The molecule has 5 nitrogen and oxygen atoms in total. The first-order valence-electron chi connectivity index (χ1n) is 8.95. The van der Waals surface area contributed by atoms with Gasteiger partial charge in [0.2, 0.25) is 5.54 Å². The van der Waals surface area contributed by atoms with Gasteiger partial charge in [-0.05, 0) is 42.2 Å². The number of amides is 2. The molecule has 5 N–H and O–H groups in total. The van der Waals surface area contributed by atoms with Crippen LogP contribution in [0.15, 0.2) is 30.5 Å². The molecule has 1 aromatic heterocycles. The number of nitrogens with one attached hydrogen (secondary N) is 3. The fourth-order valence-electron chi connectivity index (χ4n) is 3.25. The molecule has 2 aromatic rings. The molecule has 1 atom stereocenters. The molecule has 1 saturated carbocycles. The quantitative estimate of drug-likeness (QED) is 0.530. The van der Waals surface area contributed by atoms with Crippen LogP contribution in [-0.2, 0) is 12.0 Å². The average Bonchev–Trinajstić information content (AvgIpc) is 3.44. The van der Waals surface area contributed by atoms with E-state index in [0.29, 0.717) is 24.2 Å². The minimum Gasteiger partial charge on any atom is -0.310 e. The number of anilines is 2. The maximum absolute atomic E-state index is 14.8. The molecule has 29 heavy (non-hydrogen) atoms. The SMILES string of the molecule is Nc1cc(Cc2cc3c(cc2F)[C@@](C#CC2CC2)(C(F)(F)F)NC(=O)N3)cc[nH+]1. The van der Waals surface area contributed by atoms with Crippen molar-refractivity contribution in [1.29, 1.82) is 0 Å². The number of pyridine rings is 1. The van der Waals surface area contributed by atoms with Crippen molar-refractivity contribution in [2.24, 2.45) is 5.92 Å². The van der Waals surface area contributed by atoms with Crippen molar-refractivity contribution in [3.63, 3.8) is 0 Å². The molecule has 150 valence electrons. The second kappa shape index (κ2) is 6.65. The van der Waals surface area contributed by atoms with Crippen LogP contribution in [0, 0.1) is 23.6 Å². The fraction of sp³-hybridized carbons (Fsp3) is 0.300. The van der Waals surface area contributed by atoms with Gasteiger partial charge in [-0.1, -0.05) is 11.8 Å². The molecule has 2 amide bonds. The Kier molecular flexibility index (Phi) is 4.37. The fourth-order valence-corrected chi connectivity index (χ4v) is 3.25. The van der Waals surface area contributed by atoms with Crippen LogP contribution in [-0.4, -0.2) is 12.2 Å². The van der Waals surface area contributed by atoms with Crippen molar-refractivity contribution in [2.45, 2.75) is 31.0 Å². The Bertz CT molecular complexity index is 1050. The molecule has 1 fully saturated rings. The van der Waals surface area contributed by atoms with Gasteiger partial charge in [-0.15, -0.1) is 0 Å². The van der Waals surface area contributed by atoms with Gasteiger partial charge in [0.05, 0.1) is 6.20 Å². The molecule has 2 heterocycles. The van der Waals surface area contributed by atoms with Crippen LogP contribution in [0.5, 0.6) is 0 Å².